The minimum Gasteiger partial charge on any atom is -0.444 e. The summed E-state index contributed by atoms with van der Waals surface area (Å²) in [5, 5.41) is 2.64. The largest absolute Gasteiger partial charge is 0.444 e. The maximum atomic E-state index is 11.6. The number of ether oxygens (including phenoxy) is 1. The number of anilines is 1. The smallest absolute Gasteiger partial charge is 0.411 e. The van der Waals surface area contributed by atoms with Crippen molar-refractivity contribution in [1.82, 2.24) is 0 Å². The number of amides is 1. The van der Waals surface area contributed by atoms with Crippen LogP contribution < -0.4 is 5.32 Å². The second-order valence-corrected chi connectivity index (χ2v) is 4.43. The van der Waals surface area contributed by atoms with Crippen LogP contribution in [0.4, 0.5) is 10.5 Å². The molecule has 0 radical (unpaired) electrons. The fourth-order valence-corrected chi connectivity index (χ4v) is 1.63. The Labute approximate surface area is 117 Å². The van der Waals surface area contributed by atoms with Crippen LogP contribution in [-0.2, 0) is 11.3 Å². The molecule has 0 aliphatic rings. The lowest BCUT2D eigenvalue weighted by atomic mass is 10.2. The second kappa shape index (κ2) is 6.52. The zero-order chi connectivity index (χ0) is 14.4. The van der Waals surface area contributed by atoms with Crippen molar-refractivity contribution in [3.63, 3.8) is 0 Å². The lowest BCUT2D eigenvalue weighted by molar-refractivity contribution is 0.112. The summed E-state index contributed by atoms with van der Waals surface area (Å²) in [5.74, 6) is 0. The van der Waals surface area contributed by atoms with Crippen molar-refractivity contribution in [2.45, 2.75) is 13.5 Å². The molecule has 2 rings (SSSR count). The summed E-state index contributed by atoms with van der Waals surface area (Å²) in [6.45, 7) is 2.14. The van der Waals surface area contributed by atoms with Gasteiger partial charge in [-0.2, -0.15) is 0 Å². The van der Waals surface area contributed by atoms with Crippen molar-refractivity contribution in [2.24, 2.45) is 0 Å². The summed E-state index contributed by atoms with van der Waals surface area (Å²) >= 11 is 0. The van der Waals surface area contributed by atoms with Crippen LogP contribution in [0.1, 0.15) is 21.5 Å². The number of rotatable bonds is 4. The van der Waals surface area contributed by atoms with Gasteiger partial charge in [0.15, 0.2) is 0 Å². The number of nitrogens with one attached hydrogen (secondary N) is 1. The molecule has 102 valence electrons. The van der Waals surface area contributed by atoms with E-state index in [0.717, 1.165) is 17.4 Å². The molecule has 20 heavy (non-hydrogen) atoms. The van der Waals surface area contributed by atoms with Crippen LogP contribution in [0, 0.1) is 6.92 Å². The first kappa shape index (κ1) is 13.8. The van der Waals surface area contributed by atoms with Crippen molar-refractivity contribution in [3.8, 4) is 0 Å². The van der Waals surface area contributed by atoms with Crippen LogP contribution in [0.3, 0.4) is 0 Å². The molecule has 1 amide bonds. The predicted octanol–water partition coefficient (Wildman–Crippen LogP) is 3.56. The van der Waals surface area contributed by atoms with Gasteiger partial charge in [0.1, 0.15) is 12.9 Å². The van der Waals surface area contributed by atoms with Crippen molar-refractivity contribution >= 4 is 18.1 Å². The zero-order valence-electron chi connectivity index (χ0n) is 11.1. The van der Waals surface area contributed by atoms with Gasteiger partial charge in [-0.3, -0.25) is 10.1 Å². The summed E-state index contributed by atoms with van der Waals surface area (Å²) < 4.78 is 5.10. The van der Waals surface area contributed by atoms with Crippen LogP contribution in [0.15, 0.2) is 48.5 Å². The second-order valence-electron chi connectivity index (χ2n) is 4.43. The van der Waals surface area contributed by atoms with E-state index in [4.69, 9.17) is 4.74 Å². The highest BCUT2D eigenvalue weighted by Gasteiger charge is 2.03. The molecule has 1 N–H and O–H groups in total. The molecule has 0 aliphatic heterocycles. The molecule has 0 atom stereocenters. The molecule has 0 bridgehead atoms. The number of aryl methyl sites for hydroxylation is 1. The van der Waals surface area contributed by atoms with Crippen molar-refractivity contribution < 1.29 is 14.3 Å². The van der Waals surface area contributed by atoms with Gasteiger partial charge in [0.05, 0.1) is 0 Å². The Morgan fingerprint density at radius 3 is 2.35 bits per heavy atom. The van der Waals surface area contributed by atoms with Gasteiger partial charge in [-0.15, -0.1) is 0 Å². The monoisotopic (exact) mass is 269 g/mol. The molecule has 0 aliphatic carbocycles. The molecule has 0 saturated heterocycles. The molecule has 0 unspecified atom stereocenters. The highest BCUT2D eigenvalue weighted by atomic mass is 16.5. The summed E-state index contributed by atoms with van der Waals surface area (Å²) in [6.07, 6.45) is 0.266. The van der Waals surface area contributed by atoms with Crippen LogP contribution in [0.25, 0.3) is 0 Å². The van der Waals surface area contributed by atoms with Gasteiger partial charge in [-0.1, -0.05) is 42.0 Å². The first-order chi connectivity index (χ1) is 9.67. The summed E-state index contributed by atoms with van der Waals surface area (Å²) in [7, 11) is 0. The molecule has 4 nitrogen and oxygen atoms in total. The molecule has 0 aromatic heterocycles. The minimum absolute atomic E-state index is 0.164. The third-order valence-corrected chi connectivity index (χ3v) is 2.78. The van der Waals surface area contributed by atoms with E-state index in [1.165, 1.54) is 0 Å². The number of aldehydes is 1. The summed E-state index contributed by atoms with van der Waals surface area (Å²) in [4.78, 5) is 22.1. The standard InChI is InChI=1S/C16H15NO3/c1-12-2-8-15(9-3-12)17-16(19)20-11-14-6-4-13(10-18)5-7-14/h2-10H,11H2,1H3,(H,17,19). The van der Waals surface area contributed by atoms with Crippen LogP contribution in [0.2, 0.25) is 0 Å². The molecule has 4 heteroatoms. The molecule has 2 aromatic rings. The number of benzene rings is 2. The zero-order valence-corrected chi connectivity index (χ0v) is 11.1. The first-order valence-corrected chi connectivity index (χ1v) is 6.22. The normalized spacial score (nSPS) is 9.85. The Bertz CT molecular complexity index is 588. The Kier molecular flexibility index (Phi) is 4.50. The molecular weight excluding hydrogens is 254 g/mol. The van der Waals surface area contributed by atoms with Crippen LogP contribution in [-0.4, -0.2) is 12.4 Å². The highest BCUT2D eigenvalue weighted by Crippen LogP contribution is 2.10. The minimum atomic E-state index is -0.506. The number of carbonyl (C=O) groups excluding carboxylic acids is 2. The molecular formula is C16H15NO3. The lowest BCUT2D eigenvalue weighted by Gasteiger charge is -2.07. The van der Waals surface area contributed by atoms with Crippen LogP contribution >= 0.6 is 0 Å². The van der Waals surface area contributed by atoms with Gasteiger partial charge in [0.25, 0.3) is 0 Å². The van der Waals surface area contributed by atoms with Gasteiger partial charge >= 0.3 is 6.09 Å². The molecule has 2 aromatic carbocycles. The van der Waals surface area contributed by atoms with E-state index in [9.17, 15) is 9.59 Å². The van der Waals surface area contributed by atoms with Gasteiger partial charge in [-0.05, 0) is 24.6 Å². The van der Waals surface area contributed by atoms with Gasteiger partial charge in [0.2, 0.25) is 0 Å². The number of hydrogen-bond donors (Lipinski definition) is 1. The van der Waals surface area contributed by atoms with E-state index in [1.807, 2.05) is 31.2 Å². The average Bonchev–Trinajstić information content (AvgIpc) is 2.48. The summed E-state index contributed by atoms with van der Waals surface area (Å²) in [6, 6.07) is 14.3. The SMILES string of the molecule is Cc1ccc(NC(=O)OCc2ccc(C=O)cc2)cc1. The highest BCUT2D eigenvalue weighted by molar-refractivity contribution is 5.84. The van der Waals surface area contributed by atoms with E-state index in [1.54, 1.807) is 24.3 Å². The Balaban J connectivity index is 1.85. The molecule has 0 fully saturated rings. The molecule has 0 spiro atoms. The van der Waals surface area contributed by atoms with Crippen molar-refractivity contribution in [2.75, 3.05) is 5.32 Å². The topological polar surface area (TPSA) is 55.4 Å². The number of hydrogen-bond acceptors (Lipinski definition) is 3. The number of carbonyl (C=O) groups is 2. The fraction of sp³-hybridized carbons (Fsp3) is 0.125. The van der Waals surface area contributed by atoms with E-state index >= 15 is 0 Å². The Hall–Kier alpha value is -2.62. The van der Waals surface area contributed by atoms with E-state index in [-0.39, 0.29) is 6.61 Å². The van der Waals surface area contributed by atoms with Crippen LogP contribution in [0.5, 0.6) is 0 Å². The first-order valence-electron chi connectivity index (χ1n) is 6.22. The van der Waals surface area contributed by atoms with Crippen molar-refractivity contribution in [1.29, 1.82) is 0 Å². The van der Waals surface area contributed by atoms with E-state index < -0.39 is 6.09 Å². The fourth-order valence-electron chi connectivity index (χ4n) is 1.63. The predicted molar refractivity (Wildman–Crippen MR) is 76.8 cm³/mol. The lowest BCUT2D eigenvalue weighted by Crippen LogP contribution is -2.13. The molecule has 0 heterocycles. The third kappa shape index (κ3) is 3.95. The Morgan fingerprint density at radius 1 is 1.10 bits per heavy atom. The maximum absolute atomic E-state index is 11.6. The third-order valence-electron chi connectivity index (χ3n) is 2.78. The van der Waals surface area contributed by atoms with Crippen molar-refractivity contribution in [3.05, 3.63) is 65.2 Å². The van der Waals surface area contributed by atoms with Gasteiger partial charge < -0.3 is 4.74 Å². The van der Waals surface area contributed by atoms with E-state index in [0.29, 0.717) is 11.3 Å². The van der Waals surface area contributed by atoms with Gasteiger partial charge in [0, 0.05) is 11.3 Å². The Morgan fingerprint density at radius 2 is 1.75 bits per heavy atom. The maximum Gasteiger partial charge on any atom is 0.411 e. The quantitative estimate of drug-likeness (QED) is 0.863. The van der Waals surface area contributed by atoms with Gasteiger partial charge in [-0.25, -0.2) is 4.79 Å². The van der Waals surface area contributed by atoms with E-state index in [2.05, 4.69) is 5.32 Å². The molecule has 0 saturated carbocycles. The average molecular weight is 269 g/mol. The summed E-state index contributed by atoms with van der Waals surface area (Å²) in [5.41, 5.74) is 3.24.